The lowest BCUT2D eigenvalue weighted by molar-refractivity contribution is 0.375. The van der Waals surface area contributed by atoms with Crippen molar-refractivity contribution in [1.29, 1.82) is 0 Å². The number of phenolic OH excluding ortho intramolecular Hbond substituents is 1. The van der Waals surface area contributed by atoms with E-state index in [2.05, 4.69) is 0 Å². The predicted molar refractivity (Wildman–Crippen MR) is 63.7 cm³/mol. The molecular formula is C13H19NO2. The van der Waals surface area contributed by atoms with Gasteiger partial charge in [-0.15, -0.1) is 0 Å². The number of aromatic hydroxyl groups is 1. The molecule has 0 spiro atoms. The summed E-state index contributed by atoms with van der Waals surface area (Å²) in [7, 11) is 1.65. The van der Waals surface area contributed by atoms with Crippen LogP contribution in [0.4, 0.5) is 0 Å². The van der Waals surface area contributed by atoms with Crippen LogP contribution in [0.5, 0.6) is 11.5 Å². The summed E-state index contributed by atoms with van der Waals surface area (Å²) in [6, 6.07) is 3.62. The van der Waals surface area contributed by atoms with Gasteiger partial charge in [0.1, 0.15) is 11.5 Å². The van der Waals surface area contributed by atoms with E-state index in [0.29, 0.717) is 5.75 Å². The molecule has 1 aliphatic rings. The molecular weight excluding hydrogens is 202 g/mol. The zero-order valence-electron chi connectivity index (χ0n) is 9.92. The van der Waals surface area contributed by atoms with Crippen LogP contribution in [0.1, 0.15) is 36.8 Å². The fraction of sp³-hybridized carbons (Fsp3) is 0.538. The van der Waals surface area contributed by atoms with Crippen LogP contribution in [-0.4, -0.2) is 12.2 Å². The molecule has 0 unspecified atom stereocenters. The summed E-state index contributed by atoms with van der Waals surface area (Å²) in [5, 5.41) is 9.78. The Labute approximate surface area is 96.2 Å². The second kappa shape index (κ2) is 3.98. The molecule has 1 saturated carbocycles. The molecule has 0 saturated heterocycles. The molecule has 0 amide bonds. The fourth-order valence-electron chi connectivity index (χ4n) is 2.50. The van der Waals surface area contributed by atoms with Gasteiger partial charge in [-0.2, -0.15) is 0 Å². The molecule has 2 rings (SSSR count). The molecule has 16 heavy (non-hydrogen) atoms. The van der Waals surface area contributed by atoms with Crippen molar-refractivity contribution in [1.82, 2.24) is 0 Å². The number of benzene rings is 1. The standard InChI is InChI=1S/C13H19NO2/c1-9-7-12(16-2)10(8-11(9)15)13(14)5-3-4-6-13/h7-8,15H,3-6,14H2,1-2H3. The van der Waals surface area contributed by atoms with E-state index in [1.807, 2.05) is 13.0 Å². The Balaban J connectivity index is 2.50. The second-order valence-corrected chi connectivity index (χ2v) is 4.70. The van der Waals surface area contributed by atoms with Gasteiger partial charge in [0.2, 0.25) is 0 Å². The average molecular weight is 221 g/mol. The van der Waals surface area contributed by atoms with Gasteiger partial charge < -0.3 is 15.6 Å². The van der Waals surface area contributed by atoms with Crippen molar-refractivity contribution >= 4 is 0 Å². The highest BCUT2D eigenvalue weighted by Gasteiger charge is 2.34. The van der Waals surface area contributed by atoms with Gasteiger partial charge in [0.25, 0.3) is 0 Å². The molecule has 0 aromatic heterocycles. The van der Waals surface area contributed by atoms with Gasteiger partial charge >= 0.3 is 0 Å². The molecule has 3 heteroatoms. The number of rotatable bonds is 2. The Morgan fingerprint density at radius 2 is 1.94 bits per heavy atom. The van der Waals surface area contributed by atoms with E-state index in [-0.39, 0.29) is 5.54 Å². The number of phenols is 1. The average Bonchev–Trinajstić information content (AvgIpc) is 2.69. The number of aryl methyl sites for hydroxylation is 1. The topological polar surface area (TPSA) is 55.5 Å². The smallest absolute Gasteiger partial charge is 0.124 e. The highest BCUT2D eigenvalue weighted by molar-refractivity contribution is 5.48. The summed E-state index contributed by atoms with van der Waals surface area (Å²) in [6.07, 6.45) is 4.22. The first kappa shape index (κ1) is 11.3. The minimum Gasteiger partial charge on any atom is -0.508 e. The van der Waals surface area contributed by atoms with Crippen molar-refractivity contribution < 1.29 is 9.84 Å². The largest absolute Gasteiger partial charge is 0.508 e. The highest BCUT2D eigenvalue weighted by atomic mass is 16.5. The summed E-state index contributed by atoms with van der Waals surface area (Å²) in [6.45, 7) is 1.86. The third-order valence-corrected chi connectivity index (χ3v) is 3.55. The zero-order chi connectivity index (χ0) is 11.8. The van der Waals surface area contributed by atoms with E-state index in [4.69, 9.17) is 10.5 Å². The summed E-state index contributed by atoms with van der Waals surface area (Å²) < 4.78 is 5.37. The molecule has 88 valence electrons. The van der Waals surface area contributed by atoms with Crippen LogP contribution in [0.2, 0.25) is 0 Å². The lowest BCUT2D eigenvalue weighted by Crippen LogP contribution is -2.33. The first-order valence-electron chi connectivity index (χ1n) is 5.74. The van der Waals surface area contributed by atoms with Gasteiger partial charge in [0.15, 0.2) is 0 Å². The first-order valence-corrected chi connectivity index (χ1v) is 5.74. The maximum absolute atomic E-state index is 9.78. The molecule has 1 aliphatic carbocycles. The van der Waals surface area contributed by atoms with Crippen LogP contribution in [0.25, 0.3) is 0 Å². The van der Waals surface area contributed by atoms with E-state index in [0.717, 1.165) is 42.6 Å². The van der Waals surface area contributed by atoms with Crippen molar-refractivity contribution in [2.24, 2.45) is 5.73 Å². The van der Waals surface area contributed by atoms with Crippen LogP contribution < -0.4 is 10.5 Å². The maximum Gasteiger partial charge on any atom is 0.124 e. The third-order valence-electron chi connectivity index (χ3n) is 3.55. The van der Waals surface area contributed by atoms with Crippen molar-refractivity contribution in [3.05, 3.63) is 23.3 Å². The number of hydrogen-bond donors (Lipinski definition) is 2. The molecule has 0 bridgehead atoms. The molecule has 0 radical (unpaired) electrons. The lowest BCUT2D eigenvalue weighted by atomic mass is 9.88. The molecule has 0 aliphatic heterocycles. The first-order chi connectivity index (χ1) is 7.57. The van der Waals surface area contributed by atoms with Crippen molar-refractivity contribution in [2.45, 2.75) is 38.1 Å². The quantitative estimate of drug-likeness (QED) is 0.806. The minimum absolute atomic E-state index is 0.299. The number of ether oxygens (including phenoxy) is 1. The van der Waals surface area contributed by atoms with Crippen LogP contribution >= 0.6 is 0 Å². The normalized spacial score (nSPS) is 18.7. The zero-order valence-corrected chi connectivity index (χ0v) is 9.92. The molecule has 1 fully saturated rings. The Kier molecular flexibility index (Phi) is 2.80. The SMILES string of the molecule is COc1cc(C)c(O)cc1C1(N)CCCC1. The van der Waals surface area contributed by atoms with Crippen LogP contribution in [0.3, 0.4) is 0 Å². The molecule has 0 atom stereocenters. The van der Waals surface area contributed by atoms with E-state index in [1.54, 1.807) is 13.2 Å². The Bertz CT molecular complexity index is 395. The predicted octanol–water partition coefficient (Wildman–Crippen LogP) is 2.44. The fourth-order valence-corrected chi connectivity index (χ4v) is 2.50. The van der Waals surface area contributed by atoms with Gasteiger partial charge in [-0.1, -0.05) is 12.8 Å². The summed E-state index contributed by atoms with van der Waals surface area (Å²) in [5.41, 5.74) is 7.82. The molecule has 0 heterocycles. The monoisotopic (exact) mass is 221 g/mol. The van der Waals surface area contributed by atoms with Gasteiger partial charge in [-0.3, -0.25) is 0 Å². The number of hydrogen-bond acceptors (Lipinski definition) is 3. The van der Waals surface area contributed by atoms with Gasteiger partial charge in [-0.25, -0.2) is 0 Å². The van der Waals surface area contributed by atoms with Gasteiger partial charge in [0, 0.05) is 11.1 Å². The summed E-state index contributed by atoms with van der Waals surface area (Å²) in [4.78, 5) is 0. The van der Waals surface area contributed by atoms with Crippen molar-refractivity contribution in [2.75, 3.05) is 7.11 Å². The lowest BCUT2D eigenvalue weighted by Gasteiger charge is -2.26. The van der Waals surface area contributed by atoms with Crippen LogP contribution in [-0.2, 0) is 5.54 Å². The van der Waals surface area contributed by atoms with Gasteiger partial charge in [0.05, 0.1) is 7.11 Å². The molecule has 3 N–H and O–H groups in total. The Hall–Kier alpha value is -1.22. The molecule has 1 aromatic rings. The highest BCUT2D eigenvalue weighted by Crippen LogP contribution is 2.42. The van der Waals surface area contributed by atoms with Gasteiger partial charge in [-0.05, 0) is 37.5 Å². The maximum atomic E-state index is 9.78. The summed E-state index contributed by atoms with van der Waals surface area (Å²) >= 11 is 0. The summed E-state index contributed by atoms with van der Waals surface area (Å²) in [5.74, 6) is 1.09. The van der Waals surface area contributed by atoms with E-state index < -0.39 is 0 Å². The Morgan fingerprint density at radius 1 is 1.31 bits per heavy atom. The number of nitrogens with two attached hydrogens (primary N) is 1. The molecule has 1 aromatic carbocycles. The second-order valence-electron chi connectivity index (χ2n) is 4.70. The van der Waals surface area contributed by atoms with Crippen LogP contribution in [0, 0.1) is 6.92 Å². The van der Waals surface area contributed by atoms with E-state index in [9.17, 15) is 5.11 Å². The Morgan fingerprint density at radius 3 is 2.50 bits per heavy atom. The van der Waals surface area contributed by atoms with E-state index >= 15 is 0 Å². The van der Waals surface area contributed by atoms with Crippen molar-refractivity contribution in [3.8, 4) is 11.5 Å². The van der Waals surface area contributed by atoms with E-state index in [1.165, 1.54) is 0 Å². The number of methoxy groups -OCH3 is 1. The minimum atomic E-state index is -0.323. The third kappa shape index (κ3) is 1.76. The molecule has 3 nitrogen and oxygen atoms in total. The van der Waals surface area contributed by atoms with Crippen LogP contribution in [0.15, 0.2) is 12.1 Å². The van der Waals surface area contributed by atoms with Crippen molar-refractivity contribution in [3.63, 3.8) is 0 Å².